The van der Waals surface area contributed by atoms with Gasteiger partial charge in [0.25, 0.3) is 0 Å². The molecule has 0 bridgehead atoms. The molecule has 2 amide bonds. The van der Waals surface area contributed by atoms with Crippen molar-refractivity contribution in [2.75, 3.05) is 6.61 Å². The standard InChI is InChI=1S/C13H20N2O4/c1-3-5-6-7-10(13(14)18)15-11(16)8-9-12(17)19-4-2/h1,10H,4-9H2,2H3,(H2,14,18)(H,15,16)/t10-/m0/s1. The van der Waals surface area contributed by atoms with Crippen LogP contribution in [0.25, 0.3) is 0 Å². The molecule has 0 aliphatic rings. The van der Waals surface area contributed by atoms with E-state index in [1.807, 2.05) is 0 Å². The third kappa shape index (κ3) is 8.66. The number of amides is 2. The fraction of sp³-hybridized carbons (Fsp3) is 0.615. The molecule has 106 valence electrons. The quantitative estimate of drug-likeness (QED) is 0.352. The molecule has 0 saturated heterocycles. The number of hydrogen-bond donors (Lipinski definition) is 2. The molecule has 0 fully saturated rings. The van der Waals surface area contributed by atoms with Gasteiger partial charge in [0.1, 0.15) is 6.04 Å². The first-order valence-corrected chi connectivity index (χ1v) is 6.19. The Labute approximate surface area is 113 Å². The predicted octanol–water partition coefficient (Wildman–Crippen LogP) is 0.103. The number of terminal acetylenes is 1. The number of unbranched alkanes of at least 4 members (excludes halogenated alkanes) is 1. The third-order valence-electron chi connectivity index (χ3n) is 2.35. The lowest BCUT2D eigenvalue weighted by Crippen LogP contribution is -2.44. The van der Waals surface area contributed by atoms with Gasteiger partial charge in [-0.05, 0) is 19.8 Å². The maximum atomic E-state index is 11.5. The number of primary amides is 1. The van der Waals surface area contributed by atoms with Gasteiger partial charge >= 0.3 is 5.97 Å². The summed E-state index contributed by atoms with van der Waals surface area (Å²) in [5, 5.41) is 2.48. The molecular weight excluding hydrogens is 248 g/mol. The highest BCUT2D eigenvalue weighted by Gasteiger charge is 2.18. The van der Waals surface area contributed by atoms with Crippen molar-refractivity contribution in [2.45, 2.75) is 45.1 Å². The van der Waals surface area contributed by atoms with Crippen molar-refractivity contribution in [2.24, 2.45) is 5.73 Å². The number of rotatable bonds is 9. The minimum absolute atomic E-state index is 0.0183. The van der Waals surface area contributed by atoms with Crippen molar-refractivity contribution >= 4 is 17.8 Å². The van der Waals surface area contributed by atoms with E-state index in [0.717, 1.165) is 0 Å². The lowest BCUT2D eigenvalue weighted by molar-refractivity contribution is -0.144. The van der Waals surface area contributed by atoms with E-state index in [1.165, 1.54) is 0 Å². The Kier molecular flexibility index (Phi) is 8.88. The second kappa shape index (κ2) is 9.95. The molecule has 0 aromatic heterocycles. The van der Waals surface area contributed by atoms with Crippen LogP contribution in [0.1, 0.15) is 39.0 Å². The van der Waals surface area contributed by atoms with E-state index < -0.39 is 23.8 Å². The molecular formula is C13H20N2O4. The number of carbonyl (C=O) groups excluding carboxylic acids is 3. The normalized spacial score (nSPS) is 11.2. The Morgan fingerprint density at radius 1 is 1.37 bits per heavy atom. The fourth-order valence-corrected chi connectivity index (χ4v) is 1.41. The van der Waals surface area contributed by atoms with Crippen LogP contribution in [-0.2, 0) is 19.1 Å². The summed E-state index contributed by atoms with van der Waals surface area (Å²) in [6, 6.07) is -0.747. The predicted molar refractivity (Wildman–Crippen MR) is 69.7 cm³/mol. The first-order chi connectivity index (χ1) is 9.01. The van der Waals surface area contributed by atoms with Crippen molar-refractivity contribution in [3.8, 4) is 12.3 Å². The monoisotopic (exact) mass is 268 g/mol. The average Bonchev–Trinajstić information content (AvgIpc) is 2.35. The number of carbonyl (C=O) groups is 3. The van der Waals surface area contributed by atoms with Crippen LogP contribution < -0.4 is 11.1 Å². The van der Waals surface area contributed by atoms with Gasteiger partial charge in [0, 0.05) is 12.8 Å². The number of hydrogen-bond acceptors (Lipinski definition) is 4. The van der Waals surface area contributed by atoms with Gasteiger partial charge in [0.05, 0.1) is 13.0 Å². The smallest absolute Gasteiger partial charge is 0.306 e. The average molecular weight is 268 g/mol. The zero-order chi connectivity index (χ0) is 14.7. The van der Waals surface area contributed by atoms with Gasteiger partial charge in [-0.1, -0.05) is 0 Å². The topological polar surface area (TPSA) is 98.5 Å². The number of esters is 1. The van der Waals surface area contributed by atoms with Crippen LogP contribution in [0, 0.1) is 12.3 Å². The minimum Gasteiger partial charge on any atom is -0.466 e. The SMILES string of the molecule is C#CCCC[C@H](NC(=O)CCC(=O)OCC)C(N)=O. The van der Waals surface area contributed by atoms with Gasteiger partial charge in [-0.3, -0.25) is 14.4 Å². The molecule has 6 nitrogen and oxygen atoms in total. The number of nitrogens with one attached hydrogen (secondary N) is 1. The summed E-state index contributed by atoms with van der Waals surface area (Å²) in [6.07, 6.45) is 6.56. The Hall–Kier alpha value is -2.03. The molecule has 0 rings (SSSR count). The summed E-state index contributed by atoms with van der Waals surface area (Å²) in [6.45, 7) is 1.96. The summed E-state index contributed by atoms with van der Waals surface area (Å²) in [7, 11) is 0. The van der Waals surface area contributed by atoms with Crippen molar-refractivity contribution in [1.82, 2.24) is 5.32 Å². The van der Waals surface area contributed by atoms with Gasteiger partial charge in [0.15, 0.2) is 0 Å². The summed E-state index contributed by atoms with van der Waals surface area (Å²) in [4.78, 5) is 33.7. The molecule has 6 heteroatoms. The van der Waals surface area contributed by atoms with E-state index in [4.69, 9.17) is 16.9 Å². The summed E-state index contributed by atoms with van der Waals surface area (Å²) in [5.41, 5.74) is 5.17. The first-order valence-electron chi connectivity index (χ1n) is 6.19. The zero-order valence-electron chi connectivity index (χ0n) is 11.1. The molecule has 0 heterocycles. The van der Waals surface area contributed by atoms with Crippen LogP contribution in [0.5, 0.6) is 0 Å². The molecule has 0 saturated carbocycles. The van der Waals surface area contributed by atoms with Crippen LogP contribution >= 0.6 is 0 Å². The van der Waals surface area contributed by atoms with Crippen LogP contribution in [0.4, 0.5) is 0 Å². The largest absolute Gasteiger partial charge is 0.466 e. The zero-order valence-corrected chi connectivity index (χ0v) is 11.1. The summed E-state index contributed by atoms with van der Waals surface area (Å²) < 4.78 is 4.69. The second-order valence-corrected chi connectivity index (χ2v) is 3.92. The van der Waals surface area contributed by atoms with Gasteiger partial charge in [0.2, 0.25) is 11.8 Å². The molecule has 1 atom stereocenters. The molecule has 0 aliphatic carbocycles. The van der Waals surface area contributed by atoms with E-state index in [9.17, 15) is 14.4 Å². The van der Waals surface area contributed by atoms with Crippen molar-refractivity contribution in [3.63, 3.8) is 0 Å². The Balaban J connectivity index is 4.07. The molecule has 0 aliphatic heterocycles. The third-order valence-corrected chi connectivity index (χ3v) is 2.35. The highest BCUT2D eigenvalue weighted by atomic mass is 16.5. The highest BCUT2D eigenvalue weighted by Crippen LogP contribution is 2.01. The fourth-order valence-electron chi connectivity index (χ4n) is 1.41. The number of ether oxygens (including phenoxy) is 1. The van der Waals surface area contributed by atoms with E-state index in [0.29, 0.717) is 19.3 Å². The molecule has 19 heavy (non-hydrogen) atoms. The van der Waals surface area contributed by atoms with Crippen LogP contribution in [0.3, 0.4) is 0 Å². The number of nitrogens with two attached hydrogens (primary N) is 1. The van der Waals surface area contributed by atoms with Crippen molar-refractivity contribution < 1.29 is 19.1 Å². The first kappa shape index (κ1) is 17.0. The molecule has 0 spiro atoms. The minimum atomic E-state index is -0.747. The van der Waals surface area contributed by atoms with E-state index in [2.05, 4.69) is 11.2 Å². The van der Waals surface area contributed by atoms with Crippen molar-refractivity contribution in [3.05, 3.63) is 0 Å². The van der Waals surface area contributed by atoms with Gasteiger partial charge in [-0.25, -0.2) is 0 Å². The second-order valence-electron chi connectivity index (χ2n) is 3.92. The van der Waals surface area contributed by atoms with E-state index in [-0.39, 0.29) is 19.4 Å². The Morgan fingerprint density at radius 2 is 2.05 bits per heavy atom. The Morgan fingerprint density at radius 3 is 2.58 bits per heavy atom. The van der Waals surface area contributed by atoms with Crippen LogP contribution in [0.15, 0.2) is 0 Å². The lowest BCUT2D eigenvalue weighted by Gasteiger charge is -2.14. The molecule has 3 N–H and O–H groups in total. The summed E-state index contributed by atoms with van der Waals surface area (Å²) in [5.74, 6) is 0.985. The lowest BCUT2D eigenvalue weighted by atomic mass is 10.1. The van der Waals surface area contributed by atoms with Crippen molar-refractivity contribution in [1.29, 1.82) is 0 Å². The van der Waals surface area contributed by atoms with Gasteiger partial charge in [-0.2, -0.15) is 0 Å². The highest BCUT2D eigenvalue weighted by molar-refractivity contribution is 5.87. The maximum absolute atomic E-state index is 11.5. The molecule has 0 radical (unpaired) electrons. The van der Waals surface area contributed by atoms with E-state index >= 15 is 0 Å². The van der Waals surface area contributed by atoms with Gasteiger partial charge < -0.3 is 15.8 Å². The van der Waals surface area contributed by atoms with Crippen LogP contribution in [0.2, 0.25) is 0 Å². The molecule has 0 aromatic rings. The van der Waals surface area contributed by atoms with Gasteiger partial charge in [-0.15, -0.1) is 12.3 Å². The van der Waals surface area contributed by atoms with E-state index in [1.54, 1.807) is 6.92 Å². The molecule has 0 unspecified atom stereocenters. The Bertz CT molecular complexity index is 360. The summed E-state index contributed by atoms with van der Waals surface area (Å²) >= 11 is 0. The van der Waals surface area contributed by atoms with Crippen LogP contribution in [-0.4, -0.2) is 30.4 Å². The maximum Gasteiger partial charge on any atom is 0.306 e. The molecule has 0 aromatic carbocycles.